The van der Waals surface area contributed by atoms with E-state index in [9.17, 15) is 23.1 Å². The van der Waals surface area contributed by atoms with Crippen LogP contribution in [0.25, 0.3) is 28.5 Å². The summed E-state index contributed by atoms with van der Waals surface area (Å²) in [6.07, 6.45) is -1.46. The van der Waals surface area contributed by atoms with Crippen LogP contribution < -0.4 is 14.8 Å². The van der Waals surface area contributed by atoms with E-state index < -0.39 is 17.5 Å². The topological polar surface area (TPSA) is 67.8 Å². The van der Waals surface area contributed by atoms with Crippen LogP contribution >= 0.6 is 11.3 Å². The van der Waals surface area contributed by atoms with E-state index in [4.69, 9.17) is 9.47 Å². The number of halogens is 3. The number of hydrogen-bond donors (Lipinski definition) is 2. The van der Waals surface area contributed by atoms with Gasteiger partial charge >= 0.3 is 6.18 Å². The highest BCUT2D eigenvalue weighted by molar-refractivity contribution is 7.11. The molecule has 0 spiro atoms. The summed E-state index contributed by atoms with van der Waals surface area (Å²) in [5, 5.41) is 15.4. The van der Waals surface area contributed by atoms with Crippen molar-refractivity contribution in [1.82, 2.24) is 0 Å². The first-order chi connectivity index (χ1) is 16.9. The van der Waals surface area contributed by atoms with Crippen molar-refractivity contribution in [2.75, 3.05) is 12.4 Å². The van der Waals surface area contributed by atoms with Crippen LogP contribution in [0, 0.1) is 0 Å². The fraction of sp³-hybridized carbons (Fsp3) is 0.222. The summed E-state index contributed by atoms with van der Waals surface area (Å²) < 4.78 is 51.4. The molecule has 0 amide bonds. The van der Waals surface area contributed by atoms with E-state index in [1.165, 1.54) is 30.7 Å². The van der Waals surface area contributed by atoms with Gasteiger partial charge in [0.25, 0.3) is 5.78 Å². The molecule has 2 aromatic carbocycles. The third-order valence-corrected chi connectivity index (χ3v) is 7.00. The second kappa shape index (κ2) is 8.16. The van der Waals surface area contributed by atoms with Crippen LogP contribution in [0.2, 0.25) is 0 Å². The molecule has 0 bridgehead atoms. The molecule has 0 fully saturated rings. The second-order valence-electron chi connectivity index (χ2n) is 9.21. The van der Waals surface area contributed by atoms with Gasteiger partial charge in [0, 0.05) is 32.8 Å². The van der Waals surface area contributed by atoms with Gasteiger partial charge in [0.05, 0.1) is 18.2 Å². The van der Waals surface area contributed by atoms with Gasteiger partial charge in [0.1, 0.15) is 11.5 Å². The minimum absolute atomic E-state index is 0.0706. The fourth-order valence-electron chi connectivity index (χ4n) is 4.84. The van der Waals surface area contributed by atoms with Gasteiger partial charge in [-0.3, -0.25) is 4.79 Å². The quantitative estimate of drug-likeness (QED) is 0.358. The Kier molecular flexibility index (Phi) is 5.44. The molecule has 2 aliphatic rings. The number of carbonyl (C=O) groups excluding carboxylic acids is 1. The minimum Gasteiger partial charge on any atom is -0.504 e. The first-order valence-electron chi connectivity index (χ1n) is 11.1. The molecule has 9 heteroatoms. The number of benzene rings is 2. The van der Waals surface area contributed by atoms with Crippen LogP contribution in [-0.4, -0.2) is 29.7 Å². The van der Waals surface area contributed by atoms with Crippen molar-refractivity contribution >= 4 is 40.2 Å². The van der Waals surface area contributed by atoms with Gasteiger partial charge in [-0.15, -0.1) is 11.3 Å². The third-order valence-electron chi connectivity index (χ3n) is 6.13. The highest BCUT2D eigenvalue weighted by Gasteiger charge is 2.41. The molecule has 3 heterocycles. The number of rotatable bonds is 3. The largest absolute Gasteiger partial charge is 0.504 e. The molecule has 36 heavy (non-hydrogen) atoms. The average molecular weight is 514 g/mol. The monoisotopic (exact) mass is 513 g/mol. The van der Waals surface area contributed by atoms with E-state index in [1.807, 2.05) is 32.9 Å². The molecule has 0 unspecified atom stereocenters. The second-order valence-corrected chi connectivity index (χ2v) is 10.2. The van der Waals surface area contributed by atoms with Crippen molar-refractivity contribution in [1.29, 1.82) is 0 Å². The maximum absolute atomic E-state index is 13.2. The number of allylic oxidation sites excluding steroid dienone is 1. The Balaban J connectivity index is 1.80. The molecule has 0 radical (unpaired) electrons. The Morgan fingerprint density at radius 2 is 1.89 bits per heavy atom. The van der Waals surface area contributed by atoms with Crippen molar-refractivity contribution < 1.29 is 32.5 Å². The lowest BCUT2D eigenvalue weighted by molar-refractivity contribution is -0.0885. The molecule has 1 aromatic heterocycles. The first-order valence-corrected chi connectivity index (χ1v) is 11.9. The average Bonchev–Trinajstić information content (AvgIpc) is 3.24. The van der Waals surface area contributed by atoms with E-state index in [2.05, 4.69) is 11.4 Å². The van der Waals surface area contributed by atoms with Gasteiger partial charge in [0.2, 0.25) is 0 Å². The number of anilines is 1. The Hall–Kier alpha value is -3.72. The van der Waals surface area contributed by atoms with Gasteiger partial charge in [-0.2, -0.15) is 13.2 Å². The van der Waals surface area contributed by atoms with Gasteiger partial charge in [-0.25, -0.2) is 0 Å². The number of fused-ring (bicyclic) bond motifs is 5. The molecule has 0 saturated carbocycles. The van der Waals surface area contributed by atoms with E-state index in [-0.39, 0.29) is 27.7 Å². The number of phenolic OH excluding ortho intramolecular Hbond substituents is 1. The number of thiophene rings is 1. The molecule has 0 saturated heterocycles. The highest BCUT2D eigenvalue weighted by atomic mass is 32.1. The first kappa shape index (κ1) is 24.0. The molecular formula is C27H22F3NO4S. The zero-order chi connectivity index (χ0) is 26.0. The number of methoxy groups -OCH3 is 1. The van der Waals surface area contributed by atoms with Crippen molar-refractivity contribution in [3.63, 3.8) is 0 Å². The van der Waals surface area contributed by atoms with Gasteiger partial charge < -0.3 is 19.9 Å². The Morgan fingerprint density at radius 3 is 2.58 bits per heavy atom. The van der Waals surface area contributed by atoms with Crippen LogP contribution in [0.5, 0.6) is 17.2 Å². The zero-order valence-electron chi connectivity index (χ0n) is 19.8. The molecule has 0 aliphatic carbocycles. The molecule has 0 atom stereocenters. The lowest BCUT2D eigenvalue weighted by atomic mass is 9.83. The molecule has 186 valence electrons. The third kappa shape index (κ3) is 3.83. The van der Waals surface area contributed by atoms with E-state index in [1.54, 1.807) is 6.07 Å². The van der Waals surface area contributed by atoms with Crippen molar-refractivity contribution in [2.24, 2.45) is 0 Å². The Bertz CT molecular complexity index is 1480. The summed E-state index contributed by atoms with van der Waals surface area (Å²) in [6.45, 7) is 6.02. The number of hydrogen-bond acceptors (Lipinski definition) is 6. The number of phenols is 1. The van der Waals surface area contributed by atoms with Gasteiger partial charge in [0.15, 0.2) is 11.5 Å². The number of carbonyl (C=O) groups is 1. The molecule has 3 aromatic rings. The normalized spacial score (nSPS) is 16.8. The van der Waals surface area contributed by atoms with Crippen molar-refractivity contribution in [3.8, 4) is 28.4 Å². The molecule has 2 N–H and O–H groups in total. The number of aromatic hydroxyl groups is 1. The van der Waals surface area contributed by atoms with Crippen molar-refractivity contribution in [2.45, 2.75) is 32.5 Å². The zero-order valence-corrected chi connectivity index (χ0v) is 20.6. The SMILES string of the molecule is COc1c(O)ccc2c1-c1ccc3c(c1/C(=C/c1sccc1C(=O)C(F)(F)F)O2)C(C)=CC(C)(C)N3. The van der Waals surface area contributed by atoms with E-state index in [0.29, 0.717) is 22.4 Å². The van der Waals surface area contributed by atoms with Crippen molar-refractivity contribution in [3.05, 3.63) is 63.4 Å². The molecule has 5 rings (SSSR count). The number of Topliss-reactive ketones (excluding diaryl/α,β-unsaturated/α-hetero) is 1. The molecule has 2 aliphatic heterocycles. The maximum Gasteiger partial charge on any atom is 0.454 e. The maximum atomic E-state index is 13.2. The molecule has 5 nitrogen and oxygen atoms in total. The van der Waals surface area contributed by atoms with Gasteiger partial charge in [-0.1, -0.05) is 12.1 Å². The minimum atomic E-state index is -4.99. The predicted octanol–water partition coefficient (Wildman–Crippen LogP) is 7.37. The summed E-state index contributed by atoms with van der Waals surface area (Å²) in [5.41, 5.74) is 3.67. The van der Waals surface area contributed by atoms with E-state index >= 15 is 0 Å². The summed E-state index contributed by atoms with van der Waals surface area (Å²) in [6, 6.07) is 7.96. The van der Waals surface area contributed by atoms with E-state index in [0.717, 1.165) is 28.2 Å². The van der Waals surface area contributed by atoms with Crippen LogP contribution in [0.4, 0.5) is 18.9 Å². The van der Waals surface area contributed by atoms with Gasteiger partial charge in [-0.05, 0) is 62.1 Å². The standard InChI is InChI=1S/C27H22F3NO4S/c1-13-12-26(2,3)31-16-6-5-15-22(21(13)16)19(35-18-8-7-17(32)24(34-4)23(15)18)11-20-14(9-10-36-20)25(33)27(28,29)30/h5-12,31-32H,1-4H3/b19-11-. The summed E-state index contributed by atoms with van der Waals surface area (Å²) >= 11 is 1.02. The summed E-state index contributed by atoms with van der Waals surface area (Å²) in [7, 11) is 1.44. The van der Waals surface area contributed by atoms with Crippen LogP contribution in [0.15, 0.2) is 41.8 Å². The van der Waals surface area contributed by atoms with Crippen LogP contribution in [0.3, 0.4) is 0 Å². The van der Waals surface area contributed by atoms with Crippen LogP contribution in [0.1, 0.15) is 47.1 Å². The number of ketones is 1. The van der Waals surface area contributed by atoms with Crippen LogP contribution in [-0.2, 0) is 0 Å². The molecular weight excluding hydrogens is 491 g/mol. The fourth-order valence-corrected chi connectivity index (χ4v) is 5.65. The lowest BCUT2D eigenvalue weighted by Gasteiger charge is -2.35. The highest BCUT2D eigenvalue weighted by Crippen LogP contribution is 2.54. The predicted molar refractivity (Wildman–Crippen MR) is 135 cm³/mol. The Labute approximate surface area is 209 Å². The number of nitrogens with one attached hydrogen (secondary N) is 1. The summed E-state index contributed by atoms with van der Waals surface area (Å²) in [4.78, 5) is 12.2. The number of ether oxygens (including phenoxy) is 2. The smallest absolute Gasteiger partial charge is 0.454 e. The lowest BCUT2D eigenvalue weighted by Crippen LogP contribution is -2.32. The number of alkyl halides is 3. The Morgan fingerprint density at radius 1 is 1.14 bits per heavy atom. The summed E-state index contributed by atoms with van der Waals surface area (Å²) in [5.74, 6) is -1.10.